The molecule has 6 nitrogen and oxygen atoms in total. The predicted molar refractivity (Wildman–Crippen MR) is 69.7 cm³/mol. The molecule has 1 rings (SSSR count). The van der Waals surface area contributed by atoms with Gasteiger partial charge in [-0.25, -0.2) is 4.39 Å². The van der Waals surface area contributed by atoms with Crippen LogP contribution in [0.2, 0.25) is 0 Å². The Balaban J connectivity index is 2.04. The van der Waals surface area contributed by atoms with Crippen LogP contribution in [0.1, 0.15) is 6.92 Å². The Labute approximate surface area is 113 Å². The van der Waals surface area contributed by atoms with E-state index >= 15 is 0 Å². The second kappa shape index (κ2) is 10.1. The fraction of sp³-hybridized carbons (Fsp3) is 0.917. The normalized spacial score (nSPS) is 20.4. The molecule has 0 bridgehead atoms. The summed E-state index contributed by atoms with van der Waals surface area (Å²) in [6, 6.07) is 0. The van der Waals surface area contributed by atoms with Gasteiger partial charge < -0.3 is 14.8 Å². The third-order valence-corrected chi connectivity index (χ3v) is 2.87. The van der Waals surface area contributed by atoms with Gasteiger partial charge in [-0.05, 0) is 0 Å². The third-order valence-electron chi connectivity index (χ3n) is 2.87. The number of morpholine rings is 1. The largest absolute Gasteiger partial charge is 0.379 e. The maximum absolute atomic E-state index is 11.7. The van der Waals surface area contributed by atoms with E-state index in [-0.39, 0.29) is 12.0 Å². The summed E-state index contributed by atoms with van der Waals surface area (Å²) in [4.78, 5) is 13.1. The molecule has 0 radical (unpaired) electrons. The fourth-order valence-corrected chi connectivity index (χ4v) is 1.87. The van der Waals surface area contributed by atoms with E-state index in [1.165, 1.54) is 6.92 Å². The van der Waals surface area contributed by atoms with E-state index in [4.69, 9.17) is 9.47 Å². The maximum atomic E-state index is 11.7. The van der Waals surface area contributed by atoms with Gasteiger partial charge in [-0.3, -0.25) is 15.0 Å². The molecule has 0 aliphatic carbocycles. The number of ether oxygens (including phenoxy) is 2. The Kier molecular flexibility index (Phi) is 8.64. The van der Waals surface area contributed by atoms with Crippen molar-refractivity contribution in [3.8, 4) is 0 Å². The zero-order chi connectivity index (χ0) is 13.9. The van der Waals surface area contributed by atoms with E-state index in [0.29, 0.717) is 32.9 Å². The summed E-state index contributed by atoms with van der Waals surface area (Å²) in [7, 11) is 0. The van der Waals surface area contributed by atoms with Crippen LogP contribution in [0.3, 0.4) is 0 Å². The van der Waals surface area contributed by atoms with E-state index in [1.807, 2.05) is 0 Å². The number of hydrogen-bond donors (Lipinski definition) is 2. The molecule has 7 heteroatoms. The van der Waals surface area contributed by atoms with Gasteiger partial charge in [0.05, 0.1) is 25.9 Å². The Morgan fingerprint density at radius 1 is 1.53 bits per heavy atom. The van der Waals surface area contributed by atoms with E-state index in [9.17, 15) is 9.18 Å². The van der Waals surface area contributed by atoms with Gasteiger partial charge in [0, 0.05) is 39.6 Å². The molecule has 0 aromatic rings. The van der Waals surface area contributed by atoms with Crippen LogP contribution in [0.5, 0.6) is 0 Å². The second-order valence-electron chi connectivity index (χ2n) is 4.48. The zero-order valence-corrected chi connectivity index (χ0v) is 11.5. The highest BCUT2D eigenvalue weighted by molar-refractivity contribution is 5.72. The highest BCUT2D eigenvalue weighted by atomic mass is 19.1. The number of amides is 1. The van der Waals surface area contributed by atoms with E-state index in [2.05, 4.69) is 15.5 Å². The summed E-state index contributed by atoms with van der Waals surface area (Å²) in [5.74, 6) is -0.0376. The van der Waals surface area contributed by atoms with Gasteiger partial charge in [0.2, 0.25) is 5.91 Å². The number of carbonyl (C=O) groups excluding carboxylic acids is 1. The Morgan fingerprint density at radius 3 is 3.11 bits per heavy atom. The number of nitrogens with one attached hydrogen (secondary N) is 2. The molecule has 0 aromatic heterocycles. The minimum absolute atomic E-state index is 0.0376. The lowest BCUT2D eigenvalue weighted by molar-refractivity contribution is -0.120. The molecule has 1 saturated heterocycles. The molecule has 0 aromatic carbocycles. The van der Waals surface area contributed by atoms with Crippen molar-refractivity contribution in [3.05, 3.63) is 0 Å². The van der Waals surface area contributed by atoms with Crippen molar-refractivity contribution >= 4 is 5.91 Å². The van der Waals surface area contributed by atoms with Crippen molar-refractivity contribution in [2.24, 2.45) is 0 Å². The number of carbonyl (C=O) groups is 1. The highest BCUT2D eigenvalue weighted by Crippen LogP contribution is 2.04. The number of halogens is 1. The lowest BCUT2D eigenvalue weighted by Crippen LogP contribution is -2.48. The molecule has 1 aliphatic heterocycles. The van der Waals surface area contributed by atoms with Crippen LogP contribution < -0.4 is 10.6 Å². The standard InChI is InChI=1S/C12H24FN3O3/c1-11(17)15-8-12-9-16(4-7-19-12)3-6-18-5-2-14-10-13/h12,14H,2-10H2,1H3,(H,15,17). The van der Waals surface area contributed by atoms with Crippen molar-refractivity contribution in [1.29, 1.82) is 0 Å². The summed E-state index contributed by atoms with van der Waals surface area (Å²) in [5.41, 5.74) is 0. The van der Waals surface area contributed by atoms with Crippen LogP contribution >= 0.6 is 0 Å². The number of hydrogen-bond acceptors (Lipinski definition) is 5. The van der Waals surface area contributed by atoms with Crippen LogP contribution in [-0.4, -0.2) is 76.3 Å². The number of alkyl halides is 1. The molecule has 19 heavy (non-hydrogen) atoms. The van der Waals surface area contributed by atoms with Crippen molar-refractivity contribution in [1.82, 2.24) is 15.5 Å². The third kappa shape index (κ3) is 8.10. The Hall–Kier alpha value is -0.760. The van der Waals surface area contributed by atoms with Gasteiger partial charge in [0.15, 0.2) is 0 Å². The molecule has 1 aliphatic rings. The first kappa shape index (κ1) is 16.3. The zero-order valence-electron chi connectivity index (χ0n) is 11.5. The summed E-state index contributed by atoms with van der Waals surface area (Å²) < 4.78 is 22.7. The SMILES string of the molecule is CC(=O)NCC1CN(CCOCCNCF)CCO1. The van der Waals surface area contributed by atoms with Crippen LogP contribution in [0, 0.1) is 0 Å². The van der Waals surface area contributed by atoms with E-state index < -0.39 is 6.80 Å². The lowest BCUT2D eigenvalue weighted by atomic mass is 10.2. The molecule has 2 N–H and O–H groups in total. The smallest absolute Gasteiger partial charge is 0.216 e. The number of nitrogens with zero attached hydrogens (tertiary/aromatic N) is 1. The van der Waals surface area contributed by atoms with Gasteiger partial charge in [-0.2, -0.15) is 0 Å². The molecule has 1 amide bonds. The molecular weight excluding hydrogens is 253 g/mol. The second-order valence-corrected chi connectivity index (χ2v) is 4.48. The molecule has 1 unspecified atom stereocenters. The highest BCUT2D eigenvalue weighted by Gasteiger charge is 2.20. The summed E-state index contributed by atoms with van der Waals surface area (Å²) in [6.45, 7) is 6.39. The molecule has 1 heterocycles. The van der Waals surface area contributed by atoms with Crippen LogP contribution in [0.25, 0.3) is 0 Å². The minimum atomic E-state index is -0.516. The summed E-state index contributed by atoms with van der Waals surface area (Å²) in [5, 5.41) is 5.32. The van der Waals surface area contributed by atoms with Crippen molar-refractivity contribution in [3.63, 3.8) is 0 Å². The quantitative estimate of drug-likeness (QED) is 0.433. The number of rotatable bonds is 9. The van der Waals surface area contributed by atoms with Gasteiger partial charge in [-0.15, -0.1) is 0 Å². The molecule has 1 fully saturated rings. The minimum Gasteiger partial charge on any atom is -0.379 e. The summed E-state index contributed by atoms with van der Waals surface area (Å²) in [6.07, 6.45) is 0.0471. The Morgan fingerprint density at radius 2 is 2.37 bits per heavy atom. The monoisotopic (exact) mass is 277 g/mol. The molecule has 1 atom stereocenters. The van der Waals surface area contributed by atoms with Crippen molar-refractivity contribution < 1.29 is 18.7 Å². The maximum Gasteiger partial charge on any atom is 0.216 e. The van der Waals surface area contributed by atoms with Crippen LogP contribution in [-0.2, 0) is 14.3 Å². The predicted octanol–water partition coefficient (Wildman–Crippen LogP) is -0.643. The molecular formula is C12H24FN3O3. The van der Waals surface area contributed by atoms with Gasteiger partial charge >= 0.3 is 0 Å². The Bertz CT molecular complexity index is 256. The first-order valence-electron chi connectivity index (χ1n) is 6.65. The lowest BCUT2D eigenvalue weighted by Gasteiger charge is -2.32. The average molecular weight is 277 g/mol. The summed E-state index contributed by atoms with van der Waals surface area (Å²) >= 11 is 0. The first-order chi connectivity index (χ1) is 9.22. The molecule has 112 valence electrons. The van der Waals surface area contributed by atoms with E-state index in [1.54, 1.807) is 0 Å². The topological polar surface area (TPSA) is 62.8 Å². The molecule has 0 spiro atoms. The van der Waals surface area contributed by atoms with Crippen LogP contribution in [0.4, 0.5) is 4.39 Å². The van der Waals surface area contributed by atoms with Crippen LogP contribution in [0.15, 0.2) is 0 Å². The van der Waals surface area contributed by atoms with Gasteiger partial charge in [0.1, 0.15) is 6.80 Å². The van der Waals surface area contributed by atoms with Crippen molar-refractivity contribution in [2.45, 2.75) is 13.0 Å². The van der Waals surface area contributed by atoms with Gasteiger partial charge in [0.25, 0.3) is 0 Å². The van der Waals surface area contributed by atoms with E-state index in [0.717, 1.165) is 19.6 Å². The first-order valence-corrected chi connectivity index (χ1v) is 6.65. The van der Waals surface area contributed by atoms with Crippen molar-refractivity contribution in [2.75, 3.05) is 59.3 Å². The average Bonchev–Trinajstić information content (AvgIpc) is 2.41. The molecule has 0 saturated carbocycles. The van der Waals surface area contributed by atoms with Gasteiger partial charge in [-0.1, -0.05) is 0 Å². The fourth-order valence-electron chi connectivity index (χ4n) is 1.87.